The van der Waals surface area contributed by atoms with Crippen LogP contribution in [0.2, 0.25) is 0 Å². The number of ether oxygens (including phenoxy) is 1. The molecule has 4 nitrogen and oxygen atoms in total. The van der Waals surface area contributed by atoms with Crippen molar-refractivity contribution in [3.8, 4) is 0 Å². The van der Waals surface area contributed by atoms with Crippen LogP contribution in [0.4, 0.5) is 0 Å². The lowest BCUT2D eigenvalue weighted by Gasteiger charge is -2.16. The van der Waals surface area contributed by atoms with Crippen molar-refractivity contribution in [2.45, 2.75) is 168 Å². The first-order valence-electron chi connectivity index (χ1n) is 15.6. The van der Waals surface area contributed by atoms with Crippen LogP contribution in [-0.4, -0.2) is 25.0 Å². The number of esters is 1. The van der Waals surface area contributed by atoms with Gasteiger partial charge in [0.15, 0.2) is 0 Å². The average molecular weight is 496 g/mol. The molecule has 208 valence electrons. The molecule has 0 aliphatic heterocycles. The first-order valence-corrected chi connectivity index (χ1v) is 15.6. The highest BCUT2D eigenvalue weighted by Crippen LogP contribution is 2.18. The quantitative estimate of drug-likeness (QED) is 0.0912. The van der Waals surface area contributed by atoms with Gasteiger partial charge >= 0.3 is 5.97 Å². The van der Waals surface area contributed by atoms with Crippen molar-refractivity contribution in [2.75, 3.05) is 13.2 Å². The van der Waals surface area contributed by atoms with Gasteiger partial charge in [-0.2, -0.15) is 0 Å². The van der Waals surface area contributed by atoms with E-state index in [4.69, 9.17) is 4.74 Å². The van der Waals surface area contributed by atoms with Crippen molar-refractivity contribution in [1.29, 1.82) is 0 Å². The highest BCUT2D eigenvalue weighted by molar-refractivity contribution is 5.75. The highest BCUT2D eigenvalue weighted by Gasteiger charge is 2.12. The van der Waals surface area contributed by atoms with E-state index < -0.39 is 0 Å². The Morgan fingerprint density at radius 1 is 0.571 bits per heavy atom. The summed E-state index contributed by atoms with van der Waals surface area (Å²) < 4.78 is 5.62. The van der Waals surface area contributed by atoms with Crippen LogP contribution >= 0.6 is 0 Å². The van der Waals surface area contributed by atoms with Crippen molar-refractivity contribution in [3.63, 3.8) is 0 Å². The first-order chi connectivity index (χ1) is 17.1. The molecule has 0 aromatic carbocycles. The normalized spacial score (nSPS) is 12.0. The Morgan fingerprint density at radius 3 is 1.69 bits per heavy atom. The van der Waals surface area contributed by atoms with Crippen LogP contribution in [-0.2, 0) is 14.3 Å². The number of nitrogens with one attached hydrogen (secondary N) is 1. The van der Waals surface area contributed by atoms with E-state index in [0.29, 0.717) is 25.4 Å². The molecule has 0 saturated heterocycles. The molecule has 0 aromatic heterocycles. The zero-order chi connectivity index (χ0) is 25.8. The molecule has 1 N–H and O–H groups in total. The maximum absolute atomic E-state index is 12.1. The standard InChI is InChI=1S/C31H61NO3/c1-4-7-10-12-18-22-27-32-30(33)25-20-16-14-13-15-17-21-26-31(34)35-28-29(23-9-6-3)24-19-11-8-5-2/h29H,4-28H2,1-3H3,(H,32,33). The summed E-state index contributed by atoms with van der Waals surface area (Å²) in [6.45, 7) is 8.17. The van der Waals surface area contributed by atoms with Gasteiger partial charge in [0.25, 0.3) is 0 Å². The van der Waals surface area contributed by atoms with E-state index in [1.54, 1.807) is 0 Å². The fourth-order valence-electron chi connectivity index (χ4n) is 4.61. The largest absolute Gasteiger partial charge is 0.465 e. The zero-order valence-electron chi connectivity index (χ0n) is 24.0. The summed E-state index contributed by atoms with van der Waals surface area (Å²) in [6.07, 6.45) is 26.5. The van der Waals surface area contributed by atoms with Crippen molar-refractivity contribution in [1.82, 2.24) is 5.32 Å². The Bertz CT molecular complexity index is 466. The smallest absolute Gasteiger partial charge is 0.305 e. The Hall–Kier alpha value is -1.06. The van der Waals surface area contributed by atoms with Gasteiger partial charge in [-0.25, -0.2) is 0 Å². The number of unbranched alkanes of at least 4 members (excludes halogenated alkanes) is 15. The summed E-state index contributed by atoms with van der Waals surface area (Å²) in [5.41, 5.74) is 0. The third-order valence-corrected chi connectivity index (χ3v) is 7.05. The van der Waals surface area contributed by atoms with Gasteiger partial charge in [0.2, 0.25) is 5.91 Å². The maximum atomic E-state index is 12.1. The molecule has 0 bridgehead atoms. The second kappa shape index (κ2) is 27.5. The lowest BCUT2D eigenvalue weighted by atomic mass is 9.96. The van der Waals surface area contributed by atoms with Crippen molar-refractivity contribution >= 4 is 11.9 Å². The summed E-state index contributed by atoms with van der Waals surface area (Å²) in [5.74, 6) is 0.760. The number of hydrogen-bond donors (Lipinski definition) is 1. The van der Waals surface area contributed by atoms with Crippen LogP contribution in [0, 0.1) is 5.92 Å². The van der Waals surface area contributed by atoms with E-state index >= 15 is 0 Å². The minimum Gasteiger partial charge on any atom is -0.465 e. The SMILES string of the molecule is CCCCCCCCNC(=O)CCCCCCCCCC(=O)OCC(CCCC)CCCCCC. The number of rotatable bonds is 27. The molecule has 0 aromatic rings. The number of carbonyl (C=O) groups excluding carboxylic acids is 2. The summed E-state index contributed by atoms with van der Waals surface area (Å²) in [6, 6.07) is 0. The minimum atomic E-state index is -0.00738. The van der Waals surface area contributed by atoms with Gasteiger partial charge in [-0.15, -0.1) is 0 Å². The summed E-state index contributed by atoms with van der Waals surface area (Å²) in [7, 11) is 0. The Labute approximate surface area is 219 Å². The summed E-state index contributed by atoms with van der Waals surface area (Å²) >= 11 is 0. The van der Waals surface area contributed by atoms with Gasteiger partial charge in [0, 0.05) is 19.4 Å². The van der Waals surface area contributed by atoms with Gasteiger partial charge in [0.05, 0.1) is 6.61 Å². The van der Waals surface area contributed by atoms with Gasteiger partial charge in [0.1, 0.15) is 0 Å². The fraction of sp³-hybridized carbons (Fsp3) is 0.935. The molecule has 0 rings (SSSR count). The molecule has 4 heteroatoms. The van der Waals surface area contributed by atoms with E-state index in [2.05, 4.69) is 26.1 Å². The lowest BCUT2D eigenvalue weighted by molar-refractivity contribution is -0.145. The van der Waals surface area contributed by atoms with E-state index in [-0.39, 0.29) is 11.9 Å². The van der Waals surface area contributed by atoms with E-state index in [1.165, 1.54) is 103 Å². The molecule has 1 amide bonds. The van der Waals surface area contributed by atoms with Crippen LogP contribution in [0.1, 0.15) is 168 Å². The van der Waals surface area contributed by atoms with Crippen molar-refractivity contribution < 1.29 is 14.3 Å². The van der Waals surface area contributed by atoms with E-state index in [9.17, 15) is 9.59 Å². The van der Waals surface area contributed by atoms with Gasteiger partial charge in [-0.1, -0.05) is 124 Å². The molecule has 35 heavy (non-hydrogen) atoms. The molecule has 0 radical (unpaired) electrons. The van der Waals surface area contributed by atoms with Crippen LogP contribution < -0.4 is 5.32 Å². The average Bonchev–Trinajstić information content (AvgIpc) is 2.86. The summed E-state index contributed by atoms with van der Waals surface area (Å²) in [5, 5.41) is 3.06. The van der Waals surface area contributed by atoms with Crippen molar-refractivity contribution in [2.24, 2.45) is 5.92 Å². The second-order valence-corrected chi connectivity index (χ2v) is 10.6. The van der Waals surface area contributed by atoms with Gasteiger partial charge in [-0.05, 0) is 38.0 Å². The first kappa shape index (κ1) is 33.9. The van der Waals surface area contributed by atoms with E-state index in [0.717, 1.165) is 38.6 Å². The number of carbonyl (C=O) groups is 2. The van der Waals surface area contributed by atoms with Crippen LogP contribution in [0.5, 0.6) is 0 Å². The minimum absolute atomic E-state index is 0.00738. The zero-order valence-corrected chi connectivity index (χ0v) is 24.0. The maximum Gasteiger partial charge on any atom is 0.305 e. The summed E-state index contributed by atoms with van der Waals surface area (Å²) in [4.78, 5) is 24.0. The molecule has 0 spiro atoms. The van der Waals surface area contributed by atoms with Gasteiger partial charge < -0.3 is 10.1 Å². The molecule has 0 heterocycles. The predicted molar refractivity (Wildman–Crippen MR) is 151 cm³/mol. The highest BCUT2D eigenvalue weighted by atomic mass is 16.5. The molecule has 1 unspecified atom stereocenters. The fourth-order valence-corrected chi connectivity index (χ4v) is 4.61. The van der Waals surface area contributed by atoms with Crippen molar-refractivity contribution in [3.05, 3.63) is 0 Å². The molecule has 1 atom stereocenters. The Balaban J connectivity index is 3.55. The Morgan fingerprint density at radius 2 is 1.06 bits per heavy atom. The van der Waals surface area contributed by atoms with Gasteiger partial charge in [-0.3, -0.25) is 9.59 Å². The molecular formula is C31H61NO3. The van der Waals surface area contributed by atoms with Crippen LogP contribution in [0.3, 0.4) is 0 Å². The van der Waals surface area contributed by atoms with Crippen LogP contribution in [0.15, 0.2) is 0 Å². The lowest BCUT2D eigenvalue weighted by Crippen LogP contribution is -2.23. The molecule has 0 aliphatic carbocycles. The number of amides is 1. The Kier molecular flexibility index (Phi) is 26.7. The van der Waals surface area contributed by atoms with Crippen LogP contribution in [0.25, 0.3) is 0 Å². The molecular weight excluding hydrogens is 434 g/mol. The third kappa shape index (κ3) is 25.8. The van der Waals surface area contributed by atoms with E-state index in [1.807, 2.05) is 0 Å². The topological polar surface area (TPSA) is 55.4 Å². The predicted octanol–water partition coefficient (Wildman–Crippen LogP) is 9.29. The molecule has 0 fully saturated rings. The monoisotopic (exact) mass is 495 g/mol. The number of hydrogen-bond acceptors (Lipinski definition) is 3. The second-order valence-electron chi connectivity index (χ2n) is 10.6. The third-order valence-electron chi connectivity index (χ3n) is 7.05. The molecule has 0 saturated carbocycles. The molecule has 0 aliphatic rings.